The first kappa shape index (κ1) is 28.7. The number of hydrogen-bond donors (Lipinski definition) is 1. The van der Waals surface area contributed by atoms with Crippen LogP contribution in [-0.4, -0.2) is 80.1 Å². The molecule has 1 fully saturated rings. The van der Waals surface area contributed by atoms with E-state index in [9.17, 15) is 14.4 Å². The zero-order chi connectivity index (χ0) is 28.8. The van der Waals surface area contributed by atoms with Crippen molar-refractivity contribution < 1.29 is 23.9 Å². The van der Waals surface area contributed by atoms with Gasteiger partial charge in [-0.25, -0.2) is 9.48 Å². The van der Waals surface area contributed by atoms with Crippen molar-refractivity contribution in [3.05, 3.63) is 59.7 Å². The maximum atomic E-state index is 13.1. The number of aryl methyl sites for hydroxylation is 1. The van der Waals surface area contributed by atoms with Crippen LogP contribution in [0.2, 0.25) is 0 Å². The Labute approximate surface area is 233 Å². The number of nitrogens with one attached hydrogen (secondary N) is 1. The molecular formula is C28H37N7O5. The van der Waals surface area contributed by atoms with Gasteiger partial charge in [-0.3, -0.25) is 14.3 Å². The van der Waals surface area contributed by atoms with Crippen molar-refractivity contribution in [2.75, 3.05) is 38.1 Å². The van der Waals surface area contributed by atoms with Gasteiger partial charge in [0.15, 0.2) is 12.4 Å². The molecule has 1 unspecified atom stereocenters. The highest BCUT2D eigenvalue weighted by molar-refractivity contribution is 6.03. The van der Waals surface area contributed by atoms with Crippen LogP contribution in [0.15, 0.2) is 42.7 Å². The Hall–Kier alpha value is -4.35. The lowest BCUT2D eigenvalue weighted by Crippen LogP contribution is -2.52. The molecule has 0 bridgehead atoms. The molecule has 2 aromatic heterocycles. The molecule has 4 rings (SSSR count). The van der Waals surface area contributed by atoms with Gasteiger partial charge in [-0.05, 0) is 50.5 Å². The largest absolute Gasteiger partial charge is 0.471 e. The minimum atomic E-state index is -0.579. The Bertz CT molecular complexity index is 1320. The summed E-state index contributed by atoms with van der Waals surface area (Å²) in [6.07, 6.45) is 2.96. The Morgan fingerprint density at radius 3 is 2.30 bits per heavy atom. The van der Waals surface area contributed by atoms with E-state index in [0.29, 0.717) is 50.1 Å². The fourth-order valence-electron chi connectivity index (χ4n) is 4.33. The second-order valence-corrected chi connectivity index (χ2v) is 9.99. The van der Waals surface area contributed by atoms with Crippen molar-refractivity contribution in [1.29, 1.82) is 0 Å². The van der Waals surface area contributed by atoms with E-state index in [-0.39, 0.29) is 24.4 Å². The minimum absolute atomic E-state index is 0.110. The third kappa shape index (κ3) is 6.80. The molecule has 1 aromatic carbocycles. The average molecular weight is 552 g/mol. The van der Waals surface area contributed by atoms with E-state index in [2.05, 4.69) is 29.4 Å². The highest BCUT2D eigenvalue weighted by atomic mass is 16.6. The maximum absolute atomic E-state index is 13.1. The predicted molar refractivity (Wildman–Crippen MR) is 148 cm³/mol. The molecule has 3 aromatic rings. The quantitative estimate of drug-likeness (QED) is 0.430. The van der Waals surface area contributed by atoms with E-state index in [1.807, 2.05) is 24.3 Å². The SMILES string of the molecule is CCOC(=O)N1CCN(C(=O)C(C)n2cc(NC(=O)c3ccn(COc4ccc(C(C)C)cc4)n3)c(C)n2)CC1. The first-order valence-electron chi connectivity index (χ1n) is 13.5. The predicted octanol–water partition coefficient (Wildman–Crippen LogP) is 3.66. The first-order valence-corrected chi connectivity index (χ1v) is 13.5. The van der Waals surface area contributed by atoms with Gasteiger partial charge >= 0.3 is 6.09 Å². The van der Waals surface area contributed by atoms with Crippen LogP contribution in [0.1, 0.15) is 61.4 Å². The smallest absolute Gasteiger partial charge is 0.409 e. The Morgan fingerprint density at radius 2 is 1.65 bits per heavy atom. The lowest BCUT2D eigenvalue weighted by Gasteiger charge is -2.35. The summed E-state index contributed by atoms with van der Waals surface area (Å²) in [6, 6.07) is 8.94. The lowest BCUT2D eigenvalue weighted by molar-refractivity contribution is -0.136. The molecule has 3 amide bonds. The molecule has 214 valence electrons. The molecule has 1 atom stereocenters. The molecule has 0 aliphatic carbocycles. The highest BCUT2D eigenvalue weighted by Gasteiger charge is 2.29. The lowest BCUT2D eigenvalue weighted by atomic mass is 10.0. The summed E-state index contributed by atoms with van der Waals surface area (Å²) in [5.74, 6) is 0.664. The Balaban J connectivity index is 1.30. The third-order valence-electron chi connectivity index (χ3n) is 6.82. The van der Waals surface area contributed by atoms with Crippen LogP contribution in [0.4, 0.5) is 10.5 Å². The second kappa shape index (κ2) is 12.7. The van der Waals surface area contributed by atoms with E-state index < -0.39 is 11.9 Å². The number of carbonyl (C=O) groups excluding carboxylic acids is 3. The van der Waals surface area contributed by atoms with Crippen LogP contribution in [-0.2, 0) is 16.3 Å². The molecule has 0 radical (unpaired) electrons. The van der Waals surface area contributed by atoms with Crippen molar-refractivity contribution in [3.63, 3.8) is 0 Å². The number of aromatic nitrogens is 4. The number of ether oxygens (including phenoxy) is 2. The highest BCUT2D eigenvalue weighted by Crippen LogP contribution is 2.20. The van der Waals surface area contributed by atoms with Gasteiger partial charge in [0.1, 0.15) is 11.8 Å². The first-order chi connectivity index (χ1) is 19.2. The van der Waals surface area contributed by atoms with Gasteiger partial charge < -0.3 is 24.6 Å². The van der Waals surface area contributed by atoms with E-state index in [1.165, 1.54) is 5.56 Å². The van der Waals surface area contributed by atoms with E-state index in [0.717, 1.165) is 5.75 Å². The van der Waals surface area contributed by atoms with Crippen molar-refractivity contribution >= 4 is 23.6 Å². The summed E-state index contributed by atoms with van der Waals surface area (Å²) < 4.78 is 13.9. The molecule has 1 N–H and O–H groups in total. The number of amides is 3. The van der Waals surface area contributed by atoms with Crippen LogP contribution in [0.5, 0.6) is 5.75 Å². The number of benzene rings is 1. The molecule has 0 saturated carbocycles. The third-order valence-corrected chi connectivity index (χ3v) is 6.82. The van der Waals surface area contributed by atoms with Crippen LogP contribution in [0.25, 0.3) is 0 Å². The summed E-state index contributed by atoms with van der Waals surface area (Å²) >= 11 is 0. The van der Waals surface area contributed by atoms with Crippen molar-refractivity contribution in [2.24, 2.45) is 0 Å². The Kier molecular flexibility index (Phi) is 9.08. The fourth-order valence-corrected chi connectivity index (χ4v) is 4.33. The summed E-state index contributed by atoms with van der Waals surface area (Å²) in [5.41, 5.74) is 2.53. The molecule has 1 aliphatic rings. The van der Waals surface area contributed by atoms with E-state index in [1.54, 1.807) is 58.4 Å². The summed E-state index contributed by atoms with van der Waals surface area (Å²) in [6.45, 7) is 11.7. The minimum Gasteiger partial charge on any atom is -0.471 e. The summed E-state index contributed by atoms with van der Waals surface area (Å²) in [5, 5.41) is 11.6. The molecular weight excluding hydrogens is 514 g/mol. The number of nitrogens with zero attached hydrogens (tertiary/aromatic N) is 6. The molecule has 3 heterocycles. The van der Waals surface area contributed by atoms with Gasteiger partial charge in [0.25, 0.3) is 5.91 Å². The Morgan fingerprint density at radius 1 is 0.975 bits per heavy atom. The number of piperazine rings is 1. The maximum Gasteiger partial charge on any atom is 0.409 e. The van der Waals surface area contributed by atoms with E-state index in [4.69, 9.17) is 9.47 Å². The zero-order valence-electron chi connectivity index (χ0n) is 23.7. The second-order valence-electron chi connectivity index (χ2n) is 9.99. The van der Waals surface area contributed by atoms with Crippen molar-refractivity contribution in [2.45, 2.75) is 53.3 Å². The summed E-state index contributed by atoms with van der Waals surface area (Å²) in [4.78, 5) is 41.2. The van der Waals surface area contributed by atoms with Crippen molar-refractivity contribution in [3.8, 4) is 5.75 Å². The monoisotopic (exact) mass is 551 g/mol. The molecule has 12 heteroatoms. The van der Waals surface area contributed by atoms with Crippen molar-refractivity contribution in [1.82, 2.24) is 29.4 Å². The van der Waals surface area contributed by atoms with Gasteiger partial charge in [-0.15, -0.1) is 0 Å². The van der Waals surface area contributed by atoms with Crippen LogP contribution in [0, 0.1) is 6.92 Å². The van der Waals surface area contributed by atoms with Crippen LogP contribution in [0.3, 0.4) is 0 Å². The number of carbonyl (C=O) groups is 3. The normalized spacial score (nSPS) is 14.2. The fraction of sp³-hybridized carbons (Fsp3) is 0.464. The van der Waals surface area contributed by atoms with Gasteiger partial charge in [0, 0.05) is 38.6 Å². The van der Waals surface area contributed by atoms with E-state index >= 15 is 0 Å². The number of hydrogen-bond acceptors (Lipinski definition) is 7. The molecule has 1 saturated heterocycles. The van der Waals surface area contributed by atoms with Gasteiger partial charge in [0.2, 0.25) is 5.91 Å². The standard InChI is InChI=1S/C28H37N7O5/c1-6-39-28(38)33-15-13-32(14-16-33)27(37)21(5)35-17-25(20(4)30-35)29-26(36)24-11-12-34(31-24)18-40-23-9-7-22(8-10-23)19(2)3/h7-12,17,19,21H,6,13-16,18H2,1-5H3,(H,29,36). The number of rotatable bonds is 9. The summed E-state index contributed by atoms with van der Waals surface area (Å²) in [7, 11) is 0. The van der Waals surface area contributed by atoms with Gasteiger partial charge in [-0.2, -0.15) is 10.2 Å². The molecule has 1 aliphatic heterocycles. The van der Waals surface area contributed by atoms with Crippen LogP contribution < -0.4 is 10.1 Å². The molecule has 40 heavy (non-hydrogen) atoms. The zero-order valence-corrected chi connectivity index (χ0v) is 23.7. The topological polar surface area (TPSA) is 124 Å². The van der Waals surface area contributed by atoms with Gasteiger partial charge in [0.05, 0.1) is 18.0 Å². The molecule has 0 spiro atoms. The van der Waals surface area contributed by atoms with Crippen LogP contribution >= 0.6 is 0 Å². The average Bonchev–Trinajstić information content (AvgIpc) is 3.58. The molecule has 12 nitrogen and oxygen atoms in total. The van der Waals surface area contributed by atoms with Gasteiger partial charge in [-0.1, -0.05) is 26.0 Å². The number of anilines is 1.